The number of thiazole rings is 1. The number of carbonyl (C=O) groups is 2. The summed E-state index contributed by atoms with van der Waals surface area (Å²) in [6, 6.07) is 5.92. The van der Waals surface area contributed by atoms with E-state index in [1.807, 2.05) is 0 Å². The minimum atomic E-state index is -1.11. The van der Waals surface area contributed by atoms with Crippen LogP contribution in [0.3, 0.4) is 0 Å². The average Bonchev–Trinajstić information content (AvgIpc) is 3.41. The molecule has 4 rings (SSSR count). The second-order valence-corrected chi connectivity index (χ2v) is 7.88. The number of aromatic carboxylic acids is 1. The molecular formula is C20H19FN4O4S. The first-order valence-corrected chi connectivity index (χ1v) is 10.3. The number of aliphatic hydroxyl groups excluding tert-OH is 1. The molecule has 3 aromatic rings. The fraction of sp³-hybridized carbons (Fsp3) is 0.300. The number of nitrogens with zero attached hydrogens (tertiary/aromatic N) is 3. The fourth-order valence-corrected chi connectivity index (χ4v) is 4.54. The van der Waals surface area contributed by atoms with Crippen molar-refractivity contribution >= 4 is 23.2 Å². The largest absolute Gasteiger partial charge is 0.476 e. The Kier molecular flexibility index (Phi) is 5.60. The van der Waals surface area contributed by atoms with Crippen molar-refractivity contribution in [1.29, 1.82) is 0 Å². The van der Waals surface area contributed by atoms with Crippen LogP contribution in [-0.4, -0.2) is 61.9 Å². The second-order valence-electron chi connectivity index (χ2n) is 7.02. The number of amides is 1. The molecule has 2 aromatic heterocycles. The van der Waals surface area contributed by atoms with Crippen molar-refractivity contribution in [3.05, 3.63) is 46.9 Å². The number of aromatic nitrogens is 3. The first-order valence-electron chi connectivity index (χ1n) is 9.40. The minimum Gasteiger partial charge on any atom is -0.476 e. The number of H-pyrrole nitrogens is 1. The molecule has 0 bridgehead atoms. The van der Waals surface area contributed by atoms with Crippen LogP contribution in [0, 0.1) is 5.82 Å². The number of aliphatic hydroxyl groups is 1. The van der Waals surface area contributed by atoms with Crippen LogP contribution in [0.2, 0.25) is 0 Å². The van der Waals surface area contributed by atoms with Gasteiger partial charge in [-0.1, -0.05) is 0 Å². The van der Waals surface area contributed by atoms with Crippen LogP contribution in [0.4, 0.5) is 4.39 Å². The van der Waals surface area contributed by atoms with Crippen molar-refractivity contribution in [1.82, 2.24) is 20.1 Å². The van der Waals surface area contributed by atoms with E-state index in [0.717, 1.165) is 5.69 Å². The zero-order chi connectivity index (χ0) is 21.3. The molecule has 156 valence electrons. The van der Waals surface area contributed by atoms with E-state index in [0.29, 0.717) is 47.8 Å². The highest BCUT2D eigenvalue weighted by Crippen LogP contribution is 2.41. The molecule has 1 amide bonds. The van der Waals surface area contributed by atoms with Crippen LogP contribution in [-0.2, 0) is 4.79 Å². The van der Waals surface area contributed by atoms with Gasteiger partial charge in [0.2, 0.25) is 5.91 Å². The van der Waals surface area contributed by atoms with Crippen LogP contribution in [0.1, 0.15) is 34.9 Å². The molecule has 0 aliphatic carbocycles. The molecule has 30 heavy (non-hydrogen) atoms. The highest BCUT2D eigenvalue weighted by Gasteiger charge is 2.30. The van der Waals surface area contributed by atoms with Gasteiger partial charge in [0.15, 0.2) is 5.69 Å². The smallest absolute Gasteiger partial charge is 0.355 e. The number of likely N-dealkylation sites (tertiary alicyclic amines) is 1. The molecule has 1 fully saturated rings. The lowest BCUT2D eigenvalue weighted by Gasteiger charge is -2.31. The SMILES string of the molecule is O=C(O)c1csc(-c2c(-c3ccc(F)cc3)n[nH]c2C2CCN(C(=O)CO)CC2)n1. The van der Waals surface area contributed by atoms with Gasteiger partial charge in [-0.15, -0.1) is 11.3 Å². The molecule has 8 nitrogen and oxygen atoms in total. The molecule has 3 heterocycles. The maximum Gasteiger partial charge on any atom is 0.355 e. The summed E-state index contributed by atoms with van der Waals surface area (Å²) in [5, 5.41) is 27.8. The van der Waals surface area contributed by atoms with Crippen molar-refractivity contribution in [3.63, 3.8) is 0 Å². The lowest BCUT2D eigenvalue weighted by atomic mass is 9.90. The lowest BCUT2D eigenvalue weighted by molar-refractivity contribution is -0.135. The Morgan fingerprint density at radius 1 is 1.23 bits per heavy atom. The summed E-state index contributed by atoms with van der Waals surface area (Å²) < 4.78 is 13.4. The number of aromatic amines is 1. The third-order valence-electron chi connectivity index (χ3n) is 5.24. The molecule has 0 unspecified atom stereocenters. The molecule has 0 atom stereocenters. The summed E-state index contributed by atoms with van der Waals surface area (Å²) in [4.78, 5) is 28.9. The van der Waals surface area contributed by atoms with Crippen LogP contribution >= 0.6 is 11.3 Å². The number of rotatable bonds is 5. The van der Waals surface area contributed by atoms with E-state index >= 15 is 0 Å². The van der Waals surface area contributed by atoms with Gasteiger partial charge in [-0.3, -0.25) is 9.89 Å². The van der Waals surface area contributed by atoms with Gasteiger partial charge in [0.05, 0.1) is 5.56 Å². The molecule has 0 saturated carbocycles. The van der Waals surface area contributed by atoms with E-state index < -0.39 is 12.6 Å². The maximum atomic E-state index is 13.4. The van der Waals surface area contributed by atoms with Gasteiger partial charge in [-0.05, 0) is 37.1 Å². The van der Waals surface area contributed by atoms with Gasteiger partial charge in [-0.2, -0.15) is 5.10 Å². The van der Waals surface area contributed by atoms with Crippen LogP contribution < -0.4 is 0 Å². The molecule has 1 aliphatic rings. The number of carboxylic acids is 1. The third kappa shape index (κ3) is 3.83. The van der Waals surface area contributed by atoms with Gasteiger partial charge < -0.3 is 15.1 Å². The van der Waals surface area contributed by atoms with E-state index in [-0.39, 0.29) is 23.3 Å². The van der Waals surface area contributed by atoms with Crippen LogP contribution in [0.25, 0.3) is 21.8 Å². The van der Waals surface area contributed by atoms with E-state index in [1.165, 1.54) is 28.8 Å². The van der Waals surface area contributed by atoms with E-state index in [4.69, 9.17) is 5.11 Å². The zero-order valence-electron chi connectivity index (χ0n) is 15.8. The van der Waals surface area contributed by atoms with Gasteiger partial charge in [0, 0.05) is 35.6 Å². The number of benzene rings is 1. The Morgan fingerprint density at radius 3 is 2.53 bits per heavy atom. The highest BCUT2D eigenvalue weighted by atomic mass is 32.1. The van der Waals surface area contributed by atoms with Gasteiger partial charge in [0.25, 0.3) is 0 Å². The molecular weight excluding hydrogens is 411 g/mol. The molecule has 0 radical (unpaired) electrons. The number of hydrogen-bond donors (Lipinski definition) is 3. The zero-order valence-corrected chi connectivity index (χ0v) is 16.7. The number of nitrogens with one attached hydrogen (secondary N) is 1. The van der Waals surface area contributed by atoms with E-state index in [9.17, 15) is 19.1 Å². The normalized spacial score (nSPS) is 14.8. The third-order valence-corrected chi connectivity index (χ3v) is 6.10. The monoisotopic (exact) mass is 430 g/mol. The van der Waals surface area contributed by atoms with Crippen molar-refractivity contribution in [2.24, 2.45) is 0 Å². The summed E-state index contributed by atoms with van der Waals surface area (Å²) >= 11 is 1.21. The molecule has 1 saturated heterocycles. The van der Waals surface area contributed by atoms with E-state index in [2.05, 4.69) is 15.2 Å². The predicted octanol–water partition coefficient (Wildman–Crippen LogP) is 2.74. The van der Waals surface area contributed by atoms with Crippen LogP contribution in [0.15, 0.2) is 29.6 Å². The lowest BCUT2D eigenvalue weighted by Crippen LogP contribution is -2.39. The standard InChI is InChI=1S/C20H19FN4O4S/c21-13-3-1-11(2-4-13)17-16(19-22-14(10-30-19)20(28)29)18(24-23-17)12-5-7-25(8-6-12)15(27)9-26/h1-4,10,12,26H,5-9H2,(H,23,24)(H,28,29). The van der Waals surface area contributed by atoms with Gasteiger partial charge in [-0.25, -0.2) is 14.2 Å². The highest BCUT2D eigenvalue weighted by molar-refractivity contribution is 7.13. The number of carbonyl (C=O) groups excluding carboxylic acids is 1. The van der Waals surface area contributed by atoms with Crippen molar-refractivity contribution in [3.8, 4) is 21.8 Å². The Balaban J connectivity index is 1.73. The summed E-state index contributed by atoms with van der Waals surface area (Å²) in [6.07, 6.45) is 1.34. The number of hydrogen-bond acceptors (Lipinski definition) is 6. The number of carboxylic acid groups (broad SMARTS) is 1. The number of piperidine rings is 1. The Hall–Kier alpha value is -3.11. The molecule has 10 heteroatoms. The summed E-state index contributed by atoms with van der Waals surface area (Å²) in [5.41, 5.74) is 2.73. The Labute approximate surface area is 175 Å². The fourth-order valence-electron chi connectivity index (χ4n) is 3.69. The van der Waals surface area contributed by atoms with Gasteiger partial charge >= 0.3 is 5.97 Å². The van der Waals surface area contributed by atoms with E-state index in [1.54, 1.807) is 17.0 Å². The Bertz CT molecular complexity index is 1070. The van der Waals surface area contributed by atoms with Gasteiger partial charge in [0.1, 0.15) is 23.1 Å². The molecule has 3 N–H and O–H groups in total. The molecule has 0 spiro atoms. The first-order chi connectivity index (χ1) is 14.5. The van der Waals surface area contributed by atoms with Crippen molar-refractivity contribution in [2.45, 2.75) is 18.8 Å². The van der Waals surface area contributed by atoms with Crippen LogP contribution in [0.5, 0.6) is 0 Å². The summed E-state index contributed by atoms with van der Waals surface area (Å²) in [5.74, 6) is -1.71. The van der Waals surface area contributed by atoms with Crippen molar-refractivity contribution < 1.29 is 24.2 Å². The summed E-state index contributed by atoms with van der Waals surface area (Å²) in [7, 11) is 0. The Morgan fingerprint density at radius 2 is 1.93 bits per heavy atom. The predicted molar refractivity (Wildman–Crippen MR) is 108 cm³/mol. The first kappa shape index (κ1) is 20.2. The quantitative estimate of drug-likeness (QED) is 0.573. The second kappa shape index (κ2) is 8.33. The minimum absolute atomic E-state index is 0.0458. The number of halogens is 1. The molecule has 1 aromatic carbocycles. The molecule has 1 aliphatic heterocycles. The van der Waals surface area contributed by atoms with Crippen molar-refractivity contribution in [2.75, 3.05) is 19.7 Å². The topological polar surface area (TPSA) is 119 Å². The maximum absolute atomic E-state index is 13.4. The summed E-state index contributed by atoms with van der Waals surface area (Å²) in [6.45, 7) is 0.505. The average molecular weight is 430 g/mol.